The van der Waals surface area contributed by atoms with Gasteiger partial charge >= 0.3 is 5.97 Å². The average Bonchev–Trinajstić information content (AvgIpc) is 3.30. The number of hydrogen-bond acceptors (Lipinski definition) is 7. The Morgan fingerprint density at radius 3 is 2.96 bits per heavy atom. The molecule has 2 aromatic heterocycles. The highest BCUT2D eigenvalue weighted by Crippen LogP contribution is 2.25. The number of nitrogens with zero attached hydrogens (tertiary/aromatic N) is 3. The van der Waals surface area contributed by atoms with Crippen molar-refractivity contribution in [2.45, 2.75) is 19.4 Å². The molecule has 1 saturated heterocycles. The molecular formula is C17H21N3O4S. The maximum absolute atomic E-state index is 12.7. The summed E-state index contributed by atoms with van der Waals surface area (Å²) in [7, 11) is 1.40. The highest BCUT2D eigenvalue weighted by atomic mass is 32.1. The molecule has 3 rings (SSSR count). The highest BCUT2D eigenvalue weighted by molar-refractivity contribution is 7.13. The highest BCUT2D eigenvalue weighted by Gasteiger charge is 2.28. The third kappa shape index (κ3) is 4.08. The van der Waals surface area contributed by atoms with Gasteiger partial charge in [0.2, 0.25) is 0 Å². The number of aromatic nitrogens is 1. The zero-order valence-corrected chi connectivity index (χ0v) is 15.1. The van der Waals surface area contributed by atoms with Crippen molar-refractivity contribution in [3.63, 3.8) is 0 Å². The summed E-state index contributed by atoms with van der Waals surface area (Å²) in [5.74, 6) is -0.259. The van der Waals surface area contributed by atoms with Crippen molar-refractivity contribution in [2.24, 2.45) is 0 Å². The van der Waals surface area contributed by atoms with E-state index in [1.54, 1.807) is 17.9 Å². The van der Waals surface area contributed by atoms with E-state index in [1.807, 2.05) is 11.0 Å². The molecule has 8 heteroatoms. The zero-order chi connectivity index (χ0) is 17.8. The van der Waals surface area contributed by atoms with E-state index < -0.39 is 0 Å². The number of esters is 1. The number of thiazole rings is 1. The Hall–Kier alpha value is -2.19. The maximum Gasteiger partial charge on any atom is 0.306 e. The Labute approximate surface area is 150 Å². The lowest BCUT2D eigenvalue weighted by Gasteiger charge is -2.39. The van der Waals surface area contributed by atoms with Crippen LogP contribution >= 0.6 is 11.3 Å². The van der Waals surface area contributed by atoms with Crippen molar-refractivity contribution in [1.29, 1.82) is 0 Å². The lowest BCUT2D eigenvalue weighted by Crippen LogP contribution is -2.54. The Kier molecular flexibility index (Phi) is 5.50. The monoisotopic (exact) mass is 363 g/mol. The van der Waals surface area contributed by atoms with Crippen LogP contribution in [0.25, 0.3) is 10.6 Å². The molecule has 1 amide bonds. The fourth-order valence-electron chi connectivity index (χ4n) is 2.90. The normalized spacial score (nSPS) is 18.3. The van der Waals surface area contributed by atoms with Gasteiger partial charge in [-0.05, 0) is 13.0 Å². The van der Waals surface area contributed by atoms with Gasteiger partial charge in [-0.3, -0.25) is 14.5 Å². The number of hydrogen-bond donors (Lipinski definition) is 0. The molecular weight excluding hydrogens is 342 g/mol. The van der Waals surface area contributed by atoms with E-state index in [4.69, 9.17) is 4.42 Å². The minimum atomic E-state index is -0.208. The quantitative estimate of drug-likeness (QED) is 0.758. The predicted molar refractivity (Wildman–Crippen MR) is 93.4 cm³/mol. The van der Waals surface area contributed by atoms with Crippen LogP contribution in [0.1, 0.15) is 23.8 Å². The van der Waals surface area contributed by atoms with E-state index in [-0.39, 0.29) is 17.9 Å². The van der Waals surface area contributed by atoms with Crippen LogP contribution in [-0.2, 0) is 9.53 Å². The average molecular weight is 363 g/mol. The van der Waals surface area contributed by atoms with Crippen molar-refractivity contribution < 1.29 is 18.7 Å². The third-order valence-electron chi connectivity index (χ3n) is 4.37. The van der Waals surface area contributed by atoms with E-state index in [0.29, 0.717) is 31.7 Å². The first-order chi connectivity index (χ1) is 12.1. The van der Waals surface area contributed by atoms with Crippen LogP contribution in [0.5, 0.6) is 0 Å². The van der Waals surface area contributed by atoms with Gasteiger partial charge in [0.05, 0.1) is 19.8 Å². The topological polar surface area (TPSA) is 75.9 Å². The van der Waals surface area contributed by atoms with E-state index in [9.17, 15) is 9.59 Å². The molecule has 0 aliphatic carbocycles. The molecule has 25 heavy (non-hydrogen) atoms. The van der Waals surface area contributed by atoms with Gasteiger partial charge in [-0.2, -0.15) is 0 Å². The van der Waals surface area contributed by atoms with Crippen molar-refractivity contribution in [3.8, 4) is 10.6 Å². The Morgan fingerprint density at radius 2 is 2.28 bits per heavy atom. The molecule has 1 aliphatic heterocycles. The number of piperazine rings is 1. The number of methoxy groups -OCH3 is 1. The standard InChI is InChI=1S/C17H21N3O4S/c1-12-9-20(7-6-19(12)5-3-15(21)23-2)17(22)14-11-25-16(18-14)13-4-8-24-10-13/h4,8,10-12H,3,5-7,9H2,1-2H3/t12-/m1/s1. The summed E-state index contributed by atoms with van der Waals surface area (Å²) in [6.07, 6.45) is 3.58. The summed E-state index contributed by atoms with van der Waals surface area (Å²) in [5.41, 5.74) is 1.35. The number of amides is 1. The van der Waals surface area contributed by atoms with Gasteiger partial charge < -0.3 is 14.1 Å². The van der Waals surface area contributed by atoms with Crippen LogP contribution in [0.4, 0.5) is 0 Å². The van der Waals surface area contributed by atoms with Gasteiger partial charge in [0.1, 0.15) is 17.0 Å². The number of rotatable bonds is 5. The predicted octanol–water partition coefficient (Wildman–Crippen LogP) is 2.11. The van der Waals surface area contributed by atoms with Gasteiger partial charge in [0.25, 0.3) is 5.91 Å². The first kappa shape index (κ1) is 17.6. The molecule has 134 valence electrons. The smallest absolute Gasteiger partial charge is 0.306 e. The molecule has 3 heterocycles. The summed E-state index contributed by atoms with van der Waals surface area (Å²) >= 11 is 1.43. The Bertz CT molecular complexity index is 728. The van der Waals surface area contributed by atoms with Crippen molar-refractivity contribution >= 4 is 23.2 Å². The van der Waals surface area contributed by atoms with Crippen molar-refractivity contribution in [2.75, 3.05) is 33.3 Å². The minimum absolute atomic E-state index is 0.0505. The summed E-state index contributed by atoms with van der Waals surface area (Å²) in [6.45, 7) is 4.70. The van der Waals surface area contributed by atoms with Crippen LogP contribution < -0.4 is 0 Å². The largest absolute Gasteiger partial charge is 0.472 e. The van der Waals surface area contributed by atoms with Crippen molar-refractivity contribution in [3.05, 3.63) is 29.7 Å². The van der Waals surface area contributed by atoms with Crippen LogP contribution in [0.15, 0.2) is 28.4 Å². The van der Waals surface area contributed by atoms with E-state index >= 15 is 0 Å². The molecule has 0 spiro atoms. The van der Waals surface area contributed by atoms with Gasteiger partial charge in [-0.25, -0.2) is 4.98 Å². The summed E-state index contributed by atoms with van der Waals surface area (Å²) < 4.78 is 9.74. The van der Waals surface area contributed by atoms with Crippen LogP contribution in [0.2, 0.25) is 0 Å². The Morgan fingerprint density at radius 1 is 1.44 bits per heavy atom. The first-order valence-corrected chi connectivity index (χ1v) is 9.04. The maximum atomic E-state index is 12.7. The molecule has 2 aromatic rings. The summed E-state index contributed by atoms with van der Waals surface area (Å²) in [5, 5.41) is 2.57. The second kappa shape index (κ2) is 7.79. The molecule has 0 N–H and O–H groups in total. The van der Waals surface area contributed by atoms with Gasteiger partial charge in [-0.1, -0.05) is 0 Å². The van der Waals surface area contributed by atoms with Gasteiger partial charge in [0.15, 0.2) is 0 Å². The van der Waals surface area contributed by atoms with Gasteiger partial charge in [-0.15, -0.1) is 11.3 Å². The van der Waals surface area contributed by atoms with Crippen molar-refractivity contribution in [1.82, 2.24) is 14.8 Å². The molecule has 0 saturated carbocycles. The Balaban J connectivity index is 1.58. The number of carbonyl (C=O) groups excluding carboxylic acids is 2. The molecule has 0 unspecified atom stereocenters. The zero-order valence-electron chi connectivity index (χ0n) is 14.3. The number of ether oxygens (including phenoxy) is 1. The summed E-state index contributed by atoms with van der Waals surface area (Å²) in [6, 6.07) is 2.02. The lowest BCUT2D eigenvalue weighted by molar-refractivity contribution is -0.141. The lowest BCUT2D eigenvalue weighted by atomic mass is 10.1. The van der Waals surface area contributed by atoms with Gasteiger partial charge in [0, 0.05) is 43.2 Å². The second-order valence-electron chi connectivity index (χ2n) is 6.01. The third-order valence-corrected chi connectivity index (χ3v) is 5.27. The fourth-order valence-corrected chi connectivity index (χ4v) is 3.68. The first-order valence-electron chi connectivity index (χ1n) is 8.16. The number of carbonyl (C=O) groups is 2. The SMILES string of the molecule is COC(=O)CCN1CCN(C(=O)c2csc(-c3ccoc3)n2)C[C@H]1C. The van der Waals surface area contributed by atoms with Crippen LogP contribution in [0.3, 0.4) is 0 Å². The summed E-state index contributed by atoms with van der Waals surface area (Å²) in [4.78, 5) is 32.5. The molecule has 0 radical (unpaired) electrons. The van der Waals surface area contributed by atoms with E-state index in [1.165, 1.54) is 18.4 Å². The fraction of sp³-hybridized carbons (Fsp3) is 0.471. The molecule has 1 fully saturated rings. The molecule has 1 aliphatic rings. The van der Waals surface area contributed by atoms with E-state index in [0.717, 1.165) is 17.1 Å². The van der Waals surface area contributed by atoms with Crippen LogP contribution in [-0.4, -0.2) is 66.0 Å². The molecule has 0 aromatic carbocycles. The minimum Gasteiger partial charge on any atom is -0.472 e. The number of furan rings is 1. The second-order valence-corrected chi connectivity index (χ2v) is 6.87. The van der Waals surface area contributed by atoms with E-state index in [2.05, 4.69) is 21.5 Å². The molecule has 7 nitrogen and oxygen atoms in total. The molecule has 0 bridgehead atoms. The molecule has 1 atom stereocenters. The van der Waals surface area contributed by atoms with Crippen LogP contribution in [0, 0.1) is 0 Å².